The predicted octanol–water partition coefficient (Wildman–Crippen LogP) is 4.71. The van der Waals surface area contributed by atoms with Gasteiger partial charge in [-0.15, -0.1) is 0 Å². The number of benzene rings is 2. The standard InChI is InChI=1S/C25H31N3O5S/c1-5-28(34(30,31)23-18-19-8-6-7-9-22(19)32-23)21-12-10-20(11-13-21)26-14-16-27(17-15-26)24(29)33-25(2,3)4/h6-13,18H,5,14-17H2,1-4H3. The first-order chi connectivity index (χ1) is 16.1. The van der Waals surface area contributed by atoms with Crippen molar-refractivity contribution in [3.8, 4) is 0 Å². The Morgan fingerprint density at radius 3 is 2.26 bits per heavy atom. The van der Waals surface area contributed by atoms with Gasteiger partial charge in [0.1, 0.15) is 11.2 Å². The van der Waals surface area contributed by atoms with E-state index in [1.807, 2.05) is 51.1 Å². The Morgan fingerprint density at radius 1 is 1.03 bits per heavy atom. The number of hydrogen-bond acceptors (Lipinski definition) is 6. The van der Waals surface area contributed by atoms with E-state index in [0.29, 0.717) is 37.4 Å². The van der Waals surface area contributed by atoms with Crippen LogP contribution in [0.15, 0.2) is 64.1 Å². The Hall–Kier alpha value is -3.20. The first-order valence-electron chi connectivity index (χ1n) is 11.4. The maximum atomic E-state index is 13.3. The molecule has 0 radical (unpaired) electrons. The first kappa shape index (κ1) is 23.9. The van der Waals surface area contributed by atoms with Crippen LogP contribution in [0.5, 0.6) is 0 Å². The molecular formula is C25H31N3O5S. The fourth-order valence-electron chi connectivity index (χ4n) is 3.99. The zero-order chi connectivity index (χ0) is 24.5. The van der Waals surface area contributed by atoms with Gasteiger partial charge in [-0.05, 0) is 58.0 Å². The van der Waals surface area contributed by atoms with E-state index in [1.165, 1.54) is 4.31 Å². The Balaban J connectivity index is 1.46. The Kier molecular flexibility index (Phi) is 6.49. The van der Waals surface area contributed by atoms with Gasteiger partial charge in [0, 0.05) is 49.9 Å². The summed E-state index contributed by atoms with van der Waals surface area (Å²) in [5.74, 6) is 0. The smallest absolute Gasteiger partial charge is 0.410 e. The van der Waals surface area contributed by atoms with Crippen LogP contribution in [0.3, 0.4) is 0 Å². The third-order valence-corrected chi connectivity index (χ3v) is 7.43. The van der Waals surface area contributed by atoms with Crippen LogP contribution < -0.4 is 9.21 Å². The highest BCUT2D eigenvalue weighted by Crippen LogP contribution is 2.30. The van der Waals surface area contributed by atoms with Gasteiger partial charge in [0.25, 0.3) is 10.0 Å². The van der Waals surface area contributed by atoms with E-state index in [4.69, 9.17) is 9.15 Å². The molecule has 0 spiro atoms. The van der Waals surface area contributed by atoms with E-state index in [9.17, 15) is 13.2 Å². The summed E-state index contributed by atoms with van der Waals surface area (Å²) in [4.78, 5) is 16.2. The fraction of sp³-hybridized carbons (Fsp3) is 0.400. The van der Waals surface area contributed by atoms with Crippen LogP contribution in [0, 0.1) is 0 Å². The topological polar surface area (TPSA) is 83.3 Å². The quantitative estimate of drug-likeness (QED) is 0.521. The average molecular weight is 486 g/mol. The highest BCUT2D eigenvalue weighted by atomic mass is 32.2. The van der Waals surface area contributed by atoms with Gasteiger partial charge in [0.05, 0.1) is 5.69 Å². The number of carbonyl (C=O) groups excluding carboxylic acids is 1. The molecule has 1 fully saturated rings. The van der Waals surface area contributed by atoms with Crippen LogP contribution in [0.4, 0.5) is 16.2 Å². The third kappa shape index (κ3) is 4.99. The maximum Gasteiger partial charge on any atom is 0.410 e. The molecule has 0 saturated carbocycles. The summed E-state index contributed by atoms with van der Waals surface area (Å²) in [6.45, 7) is 10.1. The number of ether oxygens (including phenoxy) is 1. The minimum Gasteiger partial charge on any atom is -0.444 e. The van der Waals surface area contributed by atoms with Crippen molar-refractivity contribution in [1.82, 2.24) is 4.90 Å². The second kappa shape index (κ2) is 9.21. The molecule has 4 rings (SSSR count). The van der Waals surface area contributed by atoms with Crippen molar-refractivity contribution in [2.45, 2.75) is 38.4 Å². The number of furan rings is 1. The number of anilines is 2. The molecule has 0 atom stereocenters. The van der Waals surface area contributed by atoms with Crippen molar-refractivity contribution in [1.29, 1.82) is 0 Å². The van der Waals surface area contributed by atoms with Gasteiger partial charge in [-0.2, -0.15) is 8.42 Å². The molecule has 8 nitrogen and oxygen atoms in total. The summed E-state index contributed by atoms with van der Waals surface area (Å²) in [6.07, 6.45) is -0.295. The van der Waals surface area contributed by atoms with Crippen molar-refractivity contribution in [2.75, 3.05) is 41.9 Å². The molecule has 0 bridgehead atoms. The lowest BCUT2D eigenvalue weighted by molar-refractivity contribution is 0.0240. The minimum absolute atomic E-state index is 0.0714. The monoisotopic (exact) mass is 485 g/mol. The number of hydrogen-bond donors (Lipinski definition) is 0. The molecule has 0 unspecified atom stereocenters. The highest BCUT2D eigenvalue weighted by Gasteiger charge is 2.29. The minimum atomic E-state index is -3.84. The molecule has 1 aliphatic heterocycles. The first-order valence-corrected chi connectivity index (χ1v) is 12.9. The molecule has 0 N–H and O–H groups in total. The van der Waals surface area contributed by atoms with E-state index < -0.39 is 15.6 Å². The fourth-order valence-corrected chi connectivity index (χ4v) is 5.42. The van der Waals surface area contributed by atoms with Crippen LogP contribution in [-0.4, -0.2) is 57.7 Å². The zero-order valence-corrected chi connectivity index (χ0v) is 20.8. The number of nitrogens with zero attached hydrogens (tertiary/aromatic N) is 3. The number of amides is 1. The molecular weight excluding hydrogens is 454 g/mol. The summed E-state index contributed by atoms with van der Waals surface area (Å²) in [5.41, 5.74) is 1.57. The number of fused-ring (bicyclic) bond motifs is 1. The van der Waals surface area contributed by atoms with Gasteiger partial charge >= 0.3 is 6.09 Å². The van der Waals surface area contributed by atoms with Crippen LogP contribution in [-0.2, 0) is 14.8 Å². The Labute approximate surface area is 200 Å². The Bertz CT molecular complexity index is 1220. The number of para-hydroxylation sites is 1. The van der Waals surface area contributed by atoms with Crippen LogP contribution >= 0.6 is 0 Å². The van der Waals surface area contributed by atoms with Gasteiger partial charge in [0.15, 0.2) is 0 Å². The van der Waals surface area contributed by atoms with Gasteiger partial charge in [0.2, 0.25) is 5.09 Å². The van der Waals surface area contributed by atoms with Gasteiger partial charge in [-0.3, -0.25) is 4.31 Å². The molecule has 0 aliphatic carbocycles. The van der Waals surface area contributed by atoms with Crippen molar-refractivity contribution in [3.63, 3.8) is 0 Å². The molecule has 182 valence electrons. The summed E-state index contributed by atoms with van der Waals surface area (Å²) >= 11 is 0. The second-order valence-corrected chi connectivity index (χ2v) is 11.0. The molecule has 34 heavy (non-hydrogen) atoms. The molecule has 9 heteroatoms. The van der Waals surface area contributed by atoms with E-state index in [2.05, 4.69) is 4.90 Å². The summed E-state index contributed by atoms with van der Waals surface area (Å²) in [6, 6.07) is 16.2. The van der Waals surface area contributed by atoms with Gasteiger partial charge in [-0.1, -0.05) is 18.2 Å². The van der Waals surface area contributed by atoms with Crippen molar-refractivity contribution in [2.24, 2.45) is 0 Å². The normalized spacial score (nSPS) is 14.9. The van der Waals surface area contributed by atoms with Crippen molar-refractivity contribution < 1.29 is 22.4 Å². The van der Waals surface area contributed by atoms with Crippen LogP contribution in [0.2, 0.25) is 0 Å². The van der Waals surface area contributed by atoms with Crippen LogP contribution in [0.1, 0.15) is 27.7 Å². The summed E-state index contributed by atoms with van der Waals surface area (Å²) in [5, 5.41) is 0.677. The lowest BCUT2D eigenvalue weighted by Crippen LogP contribution is -2.50. The van der Waals surface area contributed by atoms with Crippen molar-refractivity contribution >= 4 is 38.5 Å². The molecule has 1 saturated heterocycles. The molecule has 1 aromatic heterocycles. The van der Waals surface area contributed by atoms with E-state index in [-0.39, 0.29) is 17.7 Å². The van der Waals surface area contributed by atoms with E-state index in [0.717, 1.165) is 11.1 Å². The molecule has 1 aliphatic rings. The molecule has 2 aromatic carbocycles. The molecule has 2 heterocycles. The maximum absolute atomic E-state index is 13.3. The van der Waals surface area contributed by atoms with Crippen molar-refractivity contribution in [3.05, 3.63) is 54.6 Å². The van der Waals surface area contributed by atoms with Gasteiger partial charge < -0.3 is 19.0 Å². The predicted molar refractivity (Wildman–Crippen MR) is 133 cm³/mol. The van der Waals surface area contributed by atoms with Gasteiger partial charge in [-0.25, -0.2) is 4.79 Å². The lowest BCUT2D eigenvalue weighted by Gasteiger charge is -2.36. The lowest BCUT2D eigenvalue weighted by atomic mass is 10.2. The summed E-state index contributed by atoms with van der Waals surface area (Å²) in [7, 11) is -3.84. The number of rotatable bonds is 5. The zero-order valence-electron chi connectivity index (χ0n) is 20.0. The SMILES string of the molecule is CCN(c1ccc(N2CCN(C(=O)OC(C)(C)C)CC2)cc1)S(=O)(=O)c1cc2ccccc2o1. The number of piperazine rings is 1. The number of sulfonamides is 1. The molecule has 3 aromatic rings. The highest BCUT2D eigenvalue weighted by molar-refractivity contribution is 7.92. The average Bonchev–Trinajstić information content (AvgIpc) is 3.24. The Morgan fingerprint density at radius 2 is 1.68 bits per heavy atom. The summed E-state index contributed by atoms with van der Waals surface area (Å²) < 4.78 is 39.0. The van der Waals surface area contributed by atoms with Crippen LogP contribution in [0.25, 0.3) is 11.0 Å². The largest absolute Gasteiger partial charge is 0.444 e. The van der Waals surface area contributed by atoms with E-state index in [1.54, 1.807) is 36.1 Å². The number of carbonyl (C=O) groups is 1. The third-order valence-electron chi connectivity index (χ3n) is 5.67. The second-order valence-electron chi connectivity index (χ2n) is 9.24. The van der Waals surface area contributed by atoms with E-state index >= 15 is 0 Å². The molecule has 1 amide bonds.